The highest BCUT2D eigenvalue weighted by atomic mass is 32.1. The molecule has 0 aliphatic rings. The molecule has 2 aromatic rings. The molecule has 1 aromatic carbocycles. The Morgan fingerprint density at radius 2 is 2.06 bits per heavy atom. The standard InChI is InChI=1S/C11H11N5S/c1-16(7-10-14-15-11(13)17-10)9-4-2-8(6-12)3-5-9/h2-5H,7H2,1H3,(H2,13,15). The average Bonchev–Trinajstić information content (AvgIpc) is 2.75. The normalized spacial score (nSPS) is 9.88. The lowest BCUT2D eigenvalue weighted by Crippen LogP contribution is -2.16. The fourth-order valence-electron chi connectivity index (χ4n) is 1.42. The molecular formula is C11H11N5S. The van der Waals surface area contributed by atoms with E-state index in [1.807, 2.05) is 24.1 Å². The number of nitrogen functional groups attached to an aromatic ring is 1. The van der Waals surface area contributed by atoms with Crippen molar-refractivity contribution in [1.82, 2.24) is 10.2 Å². The smallest absolute Gasteiger partial charge is 0.203 e. The highest BCUT2D eigenvalue weighted by Gasteiger charge is 2.06. The van der Waals surface area contributed by atoms with Gasteiger partial charge in [-0.05, 0) is 24.3 Å². The van der Waals surface area contributed by atoms with E-state index in [2.05, 4.69) is 16.3 Å². The zero-order valence-electron chi connectivity index (χ0n) is 9.29. The van der Waals surface area contributed by atoms with Crippen LogP contribution in [0, 0.1) is 11.3 Å². The van der Waals surface area contributed by atoms with Gasteiger partial charge in [-0.15, -0.1) is 10.2 Å². The first-order valence-corrected chi connectivity index (χ1v) is 5.80. The highest BCUT2D eigenvalue weighted by Crippen LogP contribution is 2.18. The molecule has 0 saturated heterocycles. The van der Waals surface area contributed by atoms with Crippen LogP contribution < -0.4 is 10.6 Å². The first kappa shape index (κ1) is 11.4. The summed E-state index contributed by atoms with van der Waals surface area (Å²) in [6, 6.07) is 9.49. The van der Waals surface area contributed by atoms with Crippen molar-refractivity contribution in [3.05, 3.63) is 34.8 Å². The van der Waals surface area contributed by atoms with E-state index < -0.39 is 0 Å². The minimum atomic E-state index is 0.480. The number of hydrogen-bond donors (Lipinski definition) is 1. The van der Waals surface area contributed by atoms with E-state index >= 15 is 0 Å². The van der Waals surface area contributed by atoms with Gasteiger partial charge in [0.1, 0.15) is 5.01 Å². The number of benzene rings is 1. The summed E-state index contributed by atoms with van der Waals surface area (Å²) in [6.45, 7) is 0.654. The Morgan fingerprint density at radius 3 is 2.59 bits per heavy atom. The van der Waals surface area contributed by atoms with E-state index in [0.717, 1.165) is 10.7 Å². The van der Waals surface area contributed by atoms with Crippen LogP contribution in [0.2, 0.25) is 0 Å². The zero-order valence-corrected chi connectivity index (χ0v) is 10.1. The maximum atomic E-state index is 8.71. The summed E-state index contributed by atoms with van der Waals surface area (Å²) >= 11 is 1.38. The SMILES string of the molecule is CN(Cc1nnc(N)s1)c1ccc(C#N)cc1. The largest absolute Gasteiger partial charge is 0.374 e. The molecule has 86 valence electrons. The van der Waals surface area contributed by atoms with Crippen molar-refractivity contribution in [3.63, 3.8) is 0 Å². The second kappa shape index (κ2) is 4.80. The predicted molar refractivity (Wildman–Crippen MR) is 67.6 cm³/mol. The summed E-state index contributed by atoms with van der Waals surface area (Å²) in [7, 11) is 1.96. The molecular weight excluding hydrogens is 234 g/mol. The van der Waals surface area contributed by atoms with Crippen LogP contribution in [0.5, 0.6) is 0 Å². The molecule has 0 fully saturated rings. The van der Waals surface area contributed by atoms with Crippen LogP contribution in [0.25, 0.3) is 0 Å². The number of rotatable bonds is 3. The van der Waals surface area contributed by atoms with Gasteiger partial charge in [-0.25, -0.2) is 0 Å². The summed E-state index contributed by atoms with van der Waals surface area (Å²) < 4.78 is 0. The Bertz CT molecular complexity index is 540. The lowest BCUT2D eigenvalue weighted by atomic mass is 10.2. The van der Waals surface area contributed by atoms with Crippen LogP contribution in [0.1, 0.15) is 10.6 Å². The van der Waals surface area contributed by atoms with Crippen molar-refractivity contribution < 1.29 is 0 Å². The van der Waals surface area contributed by atoms with Gasteiger partial charge in [0.25, 0.3) is 0 Å². The summed E-state index contributed by atoms with van der Waals surface area (Å²) in [4.78, 5) is 2.03. The number of nitrogens with zero attached hydrogens (tertiary/aromatic N) is 4. The first-order valence-electron chi connectivity index (χ1n) is 4.98. The lowest BCUT2D eigenvalue weighted by molar-refractivity contribution is 0.881. The Balaban J connectivity index is 2.09. The molecule has 1 aromatic heterocycles. The van der Waals surface area contributed by atoms with Gasteiger partial charge in [-0.2, -0.15) is 5.26 Å². The van der Waals surface area contributed by atoms with Crippen LogP contribution in [0.4, 0.5) is 10.8 Å². The molecule has 0 bridgehead atoms. The number of nitrogens with two attached hydrogens (primary N) is 1. The molecule has 0 spiro atoms. The molecule has 0 aliphatic carbocycles. The molecule has 0 aliphatic heterocycles. The average molecular weight is 245 g/mol. The molecule has 0 radical (unpaired) electrons. The van der Waals surface area contributed by atoms with E-state index in [1.165, 1.54) is 11.3 Å². The Hall–Kier alpha value is -2.13. The number of nitriles is 1. The Kier molecular flexibility index (Phi) is 3.21. The monoisotopic (exact) mass is 245 g/mol. The van der Waals surface area contributed by atoms with Crippen LogP contribution in [0.15, 0.2) is 24.3 Å². The van der Waals surface area contributed by atoms with Crippen LogP contribution in [-0.2, 0) is 6.54 Å². The van der Waals surface area contributed by atoms with E-state index in [0.29, 0.717) is 17.2 Å². The highest BCUT2D eigenvalue weighted by molar-refractivity contribution is 7.15. The molecule has 0 saturated carbocycles. The van der Waals surface area contributed by atoms with Gasteiger partial charge in [0.15, 0.2) is 0 Å². The van der Waals surface area contributed by atoms with E-state index in [4.69, 9.17) is 11.0 Å². The topological polar surface area (TPSA) is 78.8 Å². The molecule has 1 heterocycles. The third kappa shape index (κ3) is 2.71. The van der Waals surface area contributed by atoms with Crippen molar-refractivity contribution in [2.24, 2.45) is 0 Å². The Morgan fingerprint density at radius 1 is 1.35 bits per heavy atom. The van der Waals surface area contributed by atoms with E-state index in [1.54, 1.807) is 12.1 Å². The first-order chi connectivity index (χ1) is 8.19. The van der Waals surface area contributed by atoms with Gasteiger partial charge < -0.3 is 10.6 Å². The third-order valence-corrected chi connectivity index (χ3v) is 3.03. The second-order valence-electron chi connectivity index (χ2n) is 3.55. The molecule has 2 rings (SSSR count). The molecule has 2 N–H and O–H groups in total. The summed E-state index contributed by atoms with van der Waals surface area (Å²) in [6.07, 6.45) is 0. The Labute approximate surface area is 103 Å². The molecule has 6 heteroatoms. The zero-order chi connectivity index (χ0) is 12.3. The second-order valence-corrected chi connectivity index (χ2v) is 4.64. The van der Waals surface area contributed by atoms with Crippen LogP contribution in [-0.4, -0.2) is 17.2 Å². The summed E-state index contributed by atoms with van der Waals surface area (Å²) in [5, 5.41) is 17.8. The van der Waals surface area contributed by atoms with Crippen molar-refractivity contribution >= 4 is 22.2 Å². The molecule has 0 amide bonds. The third-order valence-electron chi connectivity index (χ3n) is 2.29. The van der Waals surface area contributed by atoms with Gasteiger partial charge in [0, 0.05) is 12.7 Å². The van der Waals surface area contributed by atoms with Crippen LogP contribution in [0.3, 0.4) is 0 Å². The van der Waals surface area contributed by atoms with Crippen molar-refractivity contribution in [2.75, 3.05) is 17.7 Å². The number of hydrogen-bond acceptors (Lipinski definition) is 6. The van der Waals surface area contributed by atoms with Gasteiger partial charge in [0.05, 0.1) is 18.2 Å². The lowest BCUT2D eigenvalue weighted by Gasteiger charge is -2.17. The summed E-state index contributed by atoms with van der Waals surface area (Å²) in [5.74, 6) is 0. The summed E-state index contributed by atoms with van der Waals surface area (Å²) in [5.41, 5.74) is 7.20. The van der Waals surface area contributed by atoms with Gasteiger partial charge in [-0.1, -0.05) is 11.3 Å². The van der Waals surface area contributed by atoms with Gasteiger partial charge in [-0.3, -0.25) is 0 Å². The van der Waals surface area contributed by atoms with Crippen molar-refractivity contribution in [2.45, 2.75) is 6.54 Å². The maximum Gasteiger partial charge on any atom is 0.203 e. The van der Waals surface area contributed by atoms with Crippen molar-refractivity contribution in [3.8, 4) is 6.07 Å². The van der Waals surface area contributed by atoms with E-state index in [-0.39, 0.29) is 0 Å². The van der Waals surface area contributed by atoms with Crippen molar-refractivity contribution in [1.29, 1.82) is 5.26 Å². The molecule has 17 heavy (non-hydrogen) atoms. The fraction of sp³-hybridized carbons (Fsp3) is 0.182. The van der Waals surface area contributed by atoms with Gasteiger partial charge in [0.2, 0.25) is 5.13 Å². The molecule has 0 atom stereocenters. The number of anilines is 2. The van der Waals surface area contributed by atoms with Crippen LogP contribution >= 0.6 is 11.3 Å². The predicted octanol–water partition coefficient (Wildman–Crippen LogP) is 1.63. The molecule has 0 unspecified atom stereocenters. The number of aromatic nitrogens is 2. The maximum absolute atomic E-state index is 8.71. The van der Waals surface area contributed by atoms with Gasteiger partial charge >= 0.3 is 0 Å². The quantitative estimate of drug-likeness (QED) is 0.889. The molecule has 5 nitrogen and oxygen atoms in total. The minimum Gasteiger partial charge on any atom is -0.374 e. The minimum absolute atomic E-state index is 0.480. The fourth-order valence-corrected chi connectivity index (χ4v) is 2.08. The van der Waals surface area contributed by atoms with E-state index in [9.17, 15) is 0 Å².